The van der Waals surface area contributed by atoms with E-state index in [1.165, 1.54) is 23.5 Å². The lowest BCUT2D eigenvalue weighted by atomic mass is 10.1. The van der Waals surface area contributed by atoms with Crippen molar-refractivity contribution in [2.24, 2.45) is 0 Å². The second kappa shape index (κ2) is 12.4. The maximum atomic E-state index is 13.1. The molecule has 0 saturated heterocycles. The van der Waals surface area contributed by atoms with Crippen LogP contribution in [0.4, 0.5) is 29.7 Å². The van der Waals surface area contributed by atoms with Crippen LogP contribution in [0.15, 0.2) is 59.1 Å². The summed E-state index contributed by atoms with van der Waals surface area (Å²) >= 11 is 4.85. The van der Waals surface area contributed by atoms with Crippen LogP contribution < -0.4 is 16.0 Å². The summed E-state index contributed by atoms with van der Waals surface area (Å²) in [6.45, 7) is 3.55. The number of aromatic nitrogens is 1. The van der Waals surface area contributed by atoms with Gasteiger partial charge in [-0.1, -0.05) is 17.4 Å². The molecular weight excluding hydrogens is 607 g/mol. The molecule has 0 bridgehead atoms. The molecule has 12 heteroatoms. The smallest absolute Gasteiger partial charge is 0.361 e. The number of aryl methyl sites for hydroxylation is 1. The van der Waals surface area contributed by atoms with Crippen LogP contribution in [-0.2, 0) is 6.18 Å². The number of nitrogens with zero attached hydrogens (tertiary/aromatic N) is 2. The summed E-state index contributed by atoms with van der Waals surface area (Å²) < 4.78 is 40.6. The molecule has 40 heavy (non-hydrogen) atoms. The van der Waals surface area contributed by atoms with E-state index in [0.717, 1.165) is 52.6 Å². The molecule has 0 aliphatic carbocycles. The fourth-order valence-corrected chi connectivity index (χ4v) is 5.35. The zero-order valence-electron chi connectivity index (χ0n) is 21.9. The number of carbonyl (C=O) groups excluding carboxylic acids is 2. The van der Waals surface area contributed by atoms with Gasteiger partial charge in [0.05, 0.1) is 21.5 Å². The molecule has 0 saturated carbocycles. The first-order valence-corrected chi connectivity index (χ1v) is 13.9. The summed E-state index contributed by atoms with van der Waals surface area (Å²) in [7, 11) is 4.05. The fourth-order valence-electron chi connectivity index (χ4n) is 3.86. The first kappa shape index (κ1) is 29.5. The zero-order chi connectivity index (χ0) is 29.0. The molecular formula is C28H27BrF3N5O2S. The summed E-state index contributed by atoms with van der Waals surface area (Å²) in [6, 6.07) is 12.7. The van der Waals surface area contributed by atoms with Crippen molar-refractivity contribution in [3.05, 3.63) is 81.3 Å². The number of alkyl halides is 3. The predicted molar refractivity (Wildman–Crippen MR) is 158 cm³/mol. The SMILES string of the molecule is Cc1cc(Br)c(NC(=O)c2cccc(C(F)(F)F)c2)cc1NC(=O)c1ccc2nc(NCCCN(C)C)sc2c1. The normalized spacial score (nSPS) is 11.6. The first-order valence-electron chi connectivity index (χ1n) is 12.3. The molecule has 3 aromatic carbocycles. The highest BCUT2D eigenvalue weighted by molar-refractivity contribution is 9.10. The Morgan fingerprint density at radius 1 is 0.975 bits per heavy atom. The van der Waals surface area contributed by atoms with E-state index in [4.69, 9.17) is 0 Å². The Hall–Kier alpha value is -3.48. The molecule has 4 aromatic rings. The number of rotatable bonds is 9. The highest BCUT2D eigenvalue weighted by Crippen LogP contribution is 2.32. The van der Waals surface area contributed by atoms with Gasteiger partial charge in [-0.2, -0.15) is 13.2 Å². The molecule has 3 N–H and O–H groups in total. The van der Waals surface area contributed by atoms with E-state index in [0.29, 0.717) is 21.4 Å². The number of hydrogen-bond acceptors (Lipinski definition) is 6. The Morgan fingerprint density at radius 2 is 1.68 bits per heavy atom. The van der Waals surface area contributed by atoms with Gasteiger partial charge in [0.25, 0.3) is 11.8 Å². The quantitative estimate of drug-likeness (QED) is 0.169. The van der Waals surface area contributed by atoms with Crippen molar-refractivity contribution in [3.8, 4) is 0 Å². The number of anilines is 3. The van der Waals surface area contributed by atoms with Gasteiger partial charge in [0, 0.05) is 27.8 Å². The van der Waals surface area contributed by atoms with Crippen molar-refractivity contribution < 1.29 is 22.8 Å². The van der Waals surface area contributed by atoms with E-state index < -0.39 is 17.6 Å². The second-order valence-electron chi connectivity index (χ2n) is 9.42. The maximum absolute atomic E-state index is 13.1. The fraction of sp³-hybridized carbons (Fsp3) is 0.250. The van der Waals surface area contributed by atoms with E-state index in [2.05, 4.69) is 41.8 Å². The summed E-state index contributed by atoms with van der Waals surface area (Å²) in [5.74, 6) is -1.06. The summed E-state index contributed by atoms with van der Waals surface area (Å²) in [4.78, 5) is 32.5. The van der Waals surface area contributed by atoms with E-state index in [-0.39, 0.29) is 11.5 Å². The monoisotopic (exact) mass is 633 g/mol. The summed E-state index contributed by atoms with van der Waals surface area (Å²) in [6.07, 6.45) is -3.59. The van der Waals surface area contributed by atoms with Gasteiger partial charge < -0.3 is 20.9 Å². The third kappa shape index (κ3) is 7.38. The van der Waals surface area contributed by atoms with Crippen molar-refractivity contribution in [1.29, 1.82) is 0 Å². The van der Waals surface area contributed by atoms with Gasteiger partial charge in [-0.3, -0.25) is 9.59 Å². The van der Waals surface area contributed by atoms with Crippen molar-refractivity contribution in [2.75, 3.05) is 43.1 Å². The predicted octanol–water partition coefficient (Wildman–Crippen LogP) is 7.25. The standard InChI is InChI=1S/C28H27BrF3N5O2S/c1-16-12-20(29)23(35-25(38)17-6-4-7-19(13-17)28(30,31)32)15-22(16)34-26(39)18-8-9-21-24(14-18)40-27(36-21)33-10-5-11-37(2)3/h4,6-9,12-15H,5,10-11H2,1-3H3,(H,33,36)(H,34,39)(H,35,38). The molecule has 0 unspecified atom stereocenters. The van der Waals surface area contributed by atoms with Crippen molar-refractivity contribution in [3.63, 3.8) is 0 Å². The average molecular weight is 635 g/mol. The number of carbonyl (C=O) groups is 2. The van der Waals surface area contributed by atoms with E-state index in [9.17, 15) is 22.8 Å². The van der Waals surface area contributed by atoms with Crippen LogP contribution in [-0.4, -0.2) is 48.9 Å². The third-order valence-corrected chi connectivity index (χ3v) is 7.60. The van der Waals surface area contributed by atoms with Gasteiger partial charge in [0.2, 0.25) is 0 Å². The molecule has 0 radical (unpaired) electrons. The average Bonchev–Trinajstić information content (AvgIpc) is 3.31. The lowest BCUT2D eigenvalue weighted by Gasteiger charge is -2.14. The van der Waals surface area contributed by atoms with Crippen LogP contribution >= 0.6 is 27.3 Å². The molecule has 7 nitrogen and oxygen atoms in total. The number of amides is 2. The second-order valence-corrected chi connectivity index (χ2v) is 11.3. The number of thiazole rings is 1. The lowest BCUT2D eigenvalue weighted by molar-refractivity contribution is -0.137. The Kier molecular flexibility index (Phi) is 9.12. The van der Waals surface area contributed by atoms with Crippen LogP contribution in [0.2, 0.25) is 0 Å². The van der Waals surface area contributed by atoms with Crippen molar-refractivity contribution in [2.45, 2.75) is 19.5 Å². The van der Waals surface area contributed by atoms with Crippen LogP contribution in [0.1, 0.15) is 38.3 Å². The molecule has 0 atom stereocenters. The Balaban J connectivity index is 1.48. The molecule has 1 aromatic heterocycles. The van der Waals surface area contributed by atoms with Crippen LogP contribution in [0.3, 0.4) is 0 Å². The molecule has 0 spiro atoms. The number of hydrogen-bond donors (Lipinski definition) is 3. The number of halogens is 4. The van der Waals surface area contributed by atoms with Crippen LogP contribution in [0.5, 0.6) is 0 Å². The van der Waals surface area contributed by atoms with E-state index in [1.807, 2.05) is 14.1 Å². The minimum absolute atomic E-state index is 0.141. The van der Waals surface area contributed by atoms with Gasteiger partial charge in [0.1, 0.15) is 0 Å². The molecule has 0 aliphatic rings. The molecule has 210 valence electrons. The molecule has 0 fully saturated rings. The Morgan fingerprint density at radius 3 is 2.38 bits per heavy atom. The van der Waals surface area contributed by atoms with Gasteiger partial charge in [-0.15, -0.1) is 0 Å². The number of fused-ring (bicyclic) bond motifs is 1. The topological polar surface area (TPSA) is 86.4 Å². The number of nitrogens with one attached hydrogen (secondary N) is 3. The summed E-state index contributed by atoms with van der Waals surface area (Å²) in [5, 5.41) is 9.59. The zero-order valence-corrected chi connectivity index (χ0v) is 24.4. The van der Waals surface area contributed by atoms with Crippen LogP contribution in [0, 0.1) is 6.92 Å². The van der Waals surface area contributed by atoms with Gasteiger partial charge in [-0.25, -0.2) is 4.98 Å². The minimum Gasteiger partial charge on any atom is -0.361 e. The first-order chi connectivity index (χ1) is 18.9. The lowest BCUT2D eigenvalue weighted by Crippen LogP contribution is -2.16. The number of benzene rings is 3. The van der Waals surface area contributed by atoms with E-state index in [1.54, 1.807) is 37.3 Å². The van der Waals surface area contributed by atoms with Crippen molar-refractivity contribution >= 4 is 65.8 Å². The Labute approximate surface area is 241 Å². The highest BCUT2D eigenvalue weighted by Gasteiger charge is 2.31. The summed E-state index contributed by atoms with van der Waals surface area (Å²) in [5.41, 5.74) is 1.63. The van der Waals surface area contributed by atoms with Crippen molar-refractivity contribution in [1.82, 2.24) is 9.88 Å². The van der Waals surface area contributed by atoms with Crippen LogP contribution in [0.25, 0.3) is 10.2 Å². The maximum Gasteiger partial charge on any atom is 0.416 e. The Bertz CT molecular complexity index is 1550. The van der Waals surface area contributed by atoms with Gasteiger partial charge >= 0.3 is 6.18 Å². The molecule has 0 aliphatic heterocycles. The molecule has 1 heterocycles. The van der Waals surface area contributed by atoms with E-state index >= 15 is 0 Å². The largest absolute Gasteiger partial charge is 0.416 e. The minimum atomic E-state index is -4.57. The molecule has 2 amide bonds. The molecule has 4 rings (SSSR count). The van der Waals surface area contributed by atoms with Gasteiger partial charge in [-0.05, 0) is 104 Å². The highest BCUT2D eigenvalue weighted by atomic mass is 79.9. The van der Waals surface area contributed by atoms with Gasteiger partial charge in [0.15, 0.2) is 5.13 Å². The third-order valence-electron chi connectivity index (χ3n) is 5.97.